The van der Waals surface area contributed by atoms with Crippen molar-refractivity contribution in [2.75, 3.05) is 19.1 Å². The molecule has 2 aromatic heterocycles. The molecule has 138 valence electrons. The third kappa shape index (κ3) is 3.24. The molecule has 0 radical (unpaired) electrons. The minimum atomic E-state index is -0.0618. The summed E-state index contributed by atoms with van der Waals surface area (Å²) in [5.41, 5.74) is 1.81. The molecule has 1 aromatic carbocycles. The van der Waals surface area contributed by atoms with Crippen LogP contribution in [0.2, 0.25) is 0 Å². The van der Waals surface area contributed by atoms with Gasteiger partial charge in [-0.2, -0.15) is 0 Å². The molecule has 27 heavy (non-hydrogen) atoms. The molecule has 1 fully saturated rings. The van der Waals surface area contributed by atoms with E-state index in [1.54, 1.807) is 31.8 Å². The van der Waals surface area contributed by atoms with Gasteiger partial charge in [0.2, 0.25) is 0 Å². The SMILES string of the molecule is COc1ccc(OC)c(N2C(=S)N[C@@H](c3ccccn3)[C@@H]2c2cccs2)c1. The molecule has 1 aliphatic heterocycles. The Morgan fingerprint density at radius 2 is 2.00 bits per heavy atom. The van der Waals surface area contributed by atoms with Gasteiger partial charge < -0.3 is 19.7 Å². The van der Waals surface area contributed by atoms with Crippen LogP contribution in [0, 0.1) is 0 Å². The zero-order valence-corrected chi connectivity index (χ0v) is 16.6. The summed E-state index contributed by atoms with van der Waals surface area (Å²) in [6, 6.07) is 15.7. The normalized spacial score (nSPS) is 19.0. The van der Waals surface area contributed by atoms with Gasteiger partial charge in [0.15, 0.2) is 5.11 Å². The number of thiophene rings is 1. The van der Waals surface area contributed by atoms with E-state index in [0.717, 1.165) is 22.9 Å². The first-order valence-electron chi connectivity index (χ1n) is 8.49. The number of methoxy groups -OCH3 is 2. The van der Waals surface area contributed by atoms with Crippen molar-refractivity contribution < 1.29 is 9.47 Å². The lowest BCUT2D eigenvalue weighted by Gasteiger charge is -2.28. The number of rotatable bonds is 5. The van der Waals surface area contributed by atoms with E-state index in [0.29, 0.717) is 5.11 Å². The summed E-state index contributed by atoms with van der Waals surface area (Å²) in [6.07, 6.45) is 1.81. The third-order valence-corrected chi connectivity index (χ3v) is 5.84. The van der Waals surface area contributed by atoms with E-state index >= 15 is 0 Å². The number of benzene rings is 1. The first kappa shape index (κ1) is 17.8. The van der Waals surface area contributed by atoms with Crippen LogP contribution in [-0.4, -0.2) is 24.3 Å². The van der Waals surface area contributed by atoms with E-state index in [1.165, 1.54) is 4.88 Å². The molecule has 4 rings (SSSR count). The van der Waals surface area contributed by atoms with Gasteiger partial charge in [0.25, 0.3) is 0 Å². The van der Waals surface area contributed by atoms with Crippen molar-refractivity contribution in [1.82, 2.24) is 10.3 Å². The molecule has 0 unspecified atom stereocenters. The van der Waals surface area contributed by atoms with Crippen LogP contribution in [-0.2, 0) is 0 Å². The molecule has 2 atom stereocenters. The molecule has 3 aromatic rings. The molecule has 1 aliphatic rings. The molecule has 5 nitrogen and oxygen atoms in total. The number of hydrogen-bond donors (Lipinski definition) is 1. The van der Waals surface area contributed by atoms with E-state index in [9.17, 15) is 0 Å². The zero-order valence-electron chi connectivity index (χ0n) is 15.0. The van der Waals surface area contributed by atoms with Crippen molar-refractivity contribution in [2.45, 2.75) is 12.1 Å². The molecule has 3 heterocycles. The average molecular weight is 398 g/mol. The minimum Gasteiger partial charge on any atom is -0.497 e. The smallest absolute Gasteiger partial charge is 0.174 e. The maximum absolute atomic E-state index is 5.73. The minimum absolute atomic E-state index is 0.0339. The molecule has 7 heteroatoms. The summed E-state index contributed by atoms with van der Waals surface area (Å²) < 4.78 is 11.0. The Labute approximate surface area is 167 Å². The number of pyridine rings is 1. The summed E-state index contributed by atoms with van der Waals surface area (Å²) in [6.45, 7) is 0. The number of ether oxygens (including phenoxy) is 2. The van der Waals surface area contributed by atoms with E-state index in [1.807, 2.05) is 36.4 Å². The number of thiocarbonyl (C=S) groups is 1. The van der Waals surface area contributed by atoms with Gasteiger partial charge in [0.1, 0.15) is 11.5 Å². The van der Waals surface area contributed by atoms with Gasteiger partial charge in [-0.3, -0.25) is 4.98 Å². The number of nitrogens with one attached hydrogen (secondary N) is 1. The zero-order chi connectivity index (χ0) is 18.8. The third-order valence-electron chi connectivity index (χ3n) is 4.58. The van der Waals surface area contributed by atoms with E-state index in [4.69, 9.17) is 21.7 Å². The van der Waals surface area contributed by atoms with Gasteiger partial charge in [0, 0.05) is 17.1 Å². The average Bonchev–Trinajstić information content (AvgIpc) is 3.35. The molecular formula is C20H19N3O2S2. The Kier molecular flexibility index (Phi) is 4.96. The lowest BCUT2D eigenvalue weighted by atomic mass is 10.0. The highest BCUT2D eigenvalue weighted by atomic mass is 32.1. The summed E-state index contributed by atoms with van der Waals surface area (Å²) in [7, 11) is 3.31. The highest BCUT2D eigenvalue weighted by Crippen LogP contribution is 2.46. The van der Waals surface area contributed by atoms with Crippen molar-refractivity contribution in [1.29, 1.82) is 0 Å². The second-order valence-corrected chi connectivity index (χ2v) is 7.42. The van der Waals surface area contributed by atoms with Crippen LogP contribution in [0.15, 0.2) is 60.1 Å². The first-order chi connectivity index (χ1) is 13.2. The maximum atomic E-state index is 5.73. The monoisotopic (exact) mass is 397 g/mol. The lowest BCUT2D eigenvalue weighted by molar-refractivity contribution is 0.403. The number of anilines is 1. The van der Waals surface area contributed by atoms with Gasteiger partial charge in [0.05, 0.1) is 37.7 Å². The van der Waals surface area contributed by atoms with Crippen LogP contribution in [0.25, 0.3) is 0 Å². The van der Waals surface area contributed by atoms with Crippen molar-refractivity contribution >= 4 is 34.4 Å². The Bertz CT molecular complexity index is 932. The Hall–Kier alpha value is -2.64. The molecule has 0 bridgehead atoms. The Morgan fingerprint density at radius 3 is 2.67 bits per heavy atom. The van der Waals surface area contributed by atoms with E-state index < -0.39 is 0 Å². The summed E-state index contributed by atoms with van der Waals surface area (Å²) in [5.74, 6) is 1.49. The highest BCUT2D eigenvalue weighted by molar-refractivity contribution is 7.80. The number of nitrogens with zero attached hydrogens (tertiary/aromatic N) is 2. The van der Waals surface area contributed by atoms with Gasteiger partial charge >= 0.3 is 0 Å². The molecule has 0 aliphatic carbocycles. The van der Waals surface area contributed by atoms with Crippen molar-refractivity contribution in [3.63, 3.8) is 0 Å². The predicted molar refractivity (Wildman–Crippen MR) is 112 cm³/mol. The van der Waals surface area contributed by atoms with Gasteiger partial charge in [-0.1, -0.05) is 12.1 Å². The van der Waals surface area contributed by atoms with Crippen molar-refractivity contribution in [2.24, 2.45) is 0 Å². The quantitative estimate of drug-likeness (QED) is 0.647. The second kappa shape index (κ2) is 7.54. The van der Waals surface area contributed by atoms with Crippen LogP contribution >= 0.6 is 23.6 Å². The maximum Gasteiger partial charge on any atom is 0.174 e. The number of aromatic nitrogens is 1. The lowest BCUT2D eigenvalue weighted by Crippen LogP contribution is -2.29. The van der Waals surface area contributed by atoms with Crippen LogP contribution in [0.4, 0.5) is 5.69 Å². The van der Waals surface area contributed by atoms with Crippen LogP contribution < -0.4 is 19.7 Å². The fraction of sp³-hybridized carbons (Fsp3) is 0.200. The van der Waals surface area contributed by atoms with Crippen LogP contribution in [0.3, 0.4) is 0 Å². The molecule has 0 amide bonds. The van der Waals surface area contributed by atoms with Gasteiger partial charge in [-0.05, 0) is 47.9 Å². The molecule has 1 saturated heterocycles. The molecule has 1 N–H and O–H groups in total. The van der Waals surface area contributed by atoms with Gasteiger partial charge in [-0.25, -0.2) is 0 Å². The van der Waals surface area contributed by atoms with Crippen molar-refractivity contribution in [3.8, 4) is 11.5 Å². The van der Waals surface area contributed by atoms with E-state index in [2.05, 4.69) is 32.7 Å². The fourth-order valence-corrected chi connectivity index (χ4v) is 4.54. The largest absolute Gasteiger partial charge is 0.497 e. The Balaban J connectivity index is 1.85. The van der Waals surface area contributed by atoms with Crippen LogP contribution in [0.5, 0.6) is 11.5 Å². The summed E-state index contributed by atoms with van der Waals surface area (Å²) >= 11 is 7.43. The fourth-order valence-electron chi connectivity index (χ4n) is 3.35. The first-order valence-corrected chi connectivity index (χ1v) is 9.78. The Morgan fingerprint density at radius 1 is 1.11 bits per heavy atom. The topological polar surface area (TPSA) is 46.6 Å². The molecular weight excluding hydrogens is 378 g/mol. The van der Waals surface area contributed by atoms with Gasteiger partial charge in [-0.15, -0.1) is 11.3 Å². The molecule has 0 spiro atoms. The summed E-state index contributed by atoms with van der Waals surface area (Å²) in [4.78, 5) is 7.86. The predicted octanol–water partition coefficient (Wildman–Crippen LogP) is 4.34. The standard InChI is InChI=1S/C20H19N3O2S2/c1-24-13-8-9-16(25-2)15(12-13)23-19(17-7-5-11-27-17)18(22-20(23)26)14-6-3-4-10-21-14/h3-12,18-19H,1-2H3,(H,22,26)/t18-,19-/m0/s1. The number of hydrogen-bond acceptors (Lipinski definition) is 5. The summed E-state index contributed by atoms with van der Waals surface area (Å²) in [5, 5.41) is 6.16. The van der Waals surface area contributed by atoms with E-state index in [-0.39, 0.29) is 12.1 Å². The molecule has 0 saturated carbocycles. The van der Waals surface area contributed by atoms with Crippen LogP contribution in [0.1, 0.15) is 22.7 Å². The highest BCUT2D eigenvalue weighted by Gasteiger charge is 2.42. The van der Waals surface area contributed by atoms with Crippen molar-refractivity contribution in [3.05, 3.63) is 70.7 Å². The second-order valence-electron chi connectivity index (χ2n) is 6.05.